The van der Waals surface area contributed by atoms with E-state index in [4.69, 9.17) is 4.74 Å². The van der Waals surface area contributed by atoms with Gasteiger partial charge in [0.1, 0.15) is 11.8 Å². The molecule has 118 valence electrons. The van der Waals surface area contributed by atoms with Gasteiger partial charge in [-0.25, -0.2) is 0 Å². The summed E-state index contributed by atoms with van der Waals surface area (Å²) in [6.07, 6.45) is 5.47. The molecular formula is C17H22N2O3. The maximum absolute atomic E-state index is 12.5. The minimum Gasteiger partial charge on any atom is -0.497 e. The first-order chi connectivity index (χ1) is 10.7. The number of carbonyl (C=O) groups excluding carboxylic acids is 2. The number of nitrogens with zero attached hydrogens (tertiary/aromatic N) is 1. The van der Waals surface area contributed by atoms with E-state index in [2.05, 4.69) is 5.32 Å². The fraction of sp³-hybridized carbons (Fsp3) is 0.529. The molecule has 1 atom stereocenters. The van der Waals surface area contributed by atoms with Gasteiger partial charge in [-0.05, 0) is 43.5 Å². The Morgan fingerprint density at radius 3 is 2.50 bits per heavy atom. The average molecular weight is 302 g/mol. The van der Waals surface area contributed by atoms with Crippen LogP contribution < -0.4 is 15.0 Å². The van der Waals surface area contributed by atoms with Crippen LogP contribution in [0, 0.1) is 0 Å². The number of anilines is 1. The summed E-state index contributed by atoms with van der Waals surface area (Å²) in [6.45, 7) is 0. The highest BCUT2D eigenvalue weighted by molar-refractivity contribution is 6.03. The van der Waals surface area contributed by atoms with Crippen molar-refractivity contribution in [3.05, 3.63) is 24.3 Å². The highest BCUT2D eigenvalue weighted by Crippen LogP contribution is 2.29. The molecule has 1 aliphatic carbocycles. The smallest absolute Gasteiger partial charge is 0.243 e. The van der Waals surface area contributed by atoms with Crippen molar-refractivity contribution in [2.75, 3.05) is 12.0 Å². The Hall–Kier alpha value is -2.04. The van der Waals surface area contributed by atoms with E-state index < -0.39 is 0 Å². The fourth-order valence-electron chi connectivity index (χ4n) is 3.37. The molecule has 1 aliphatic heterocycles. The first-order valence-electron chi connectivity index (χ1n) is 7.95. The average Bonchev–Trinajstić information content (AvgIpc) is 3.17. The summed E-state index contributed by atoms with van der Waals surface area (Å²) in [5.41, 5.74) is 0.759. The van der Waals surface area contributed by atoms with Crippen molar-refractivity contribution in [3.8, 4) is 5.75 Å². The largest absolute Gasteiger partial charge is 0.497 e. The Balaban J connectivity index is 1.74. The Kier molecular flexibility index (Phi) is 4.32. The van der Waals surface area contributed by atoms with E-state index in [-0.39, 0.29) is 23.9 Å². The monoisotopic (exact) mass is 302 g/mol. The molecule has 1 saturated carbocycles. The van der Waals surface area contributed by atoms with Crippen LogP contribution in [-0.2, 0) is 9.59 Å². The SMILES string of the molecule is COc1ccc(N2C(=O)CCC2C(=O)NC2CCCC2)cc1. The van der Waals surface area contributed by atoms with Crippen molar-refractivity contribution in [1.82, 2.24) is 5.32 Å². The molecule has 22 heavy (non-hydrogen) atoms. The number of methoxy groups -OCH3 is 1. The first-order valence-corrected chi connectivity index (χ1v) is 7.95. The molecule has 2 aliphatic rings. The predicted octanol–water partition coefficient (Wildman–Crippen LogP) is 2.25. The molecule has 0 radical (unpaired) electrons. The Bertz CT molecular complexity index is 550. The lowest BCUT2D eigenvalue weighted by Crippen LogP contribution is -2.47. The third-order valence-corrected chi connectivity index (χ3v) is 4.57. The first kappa shape index (κ1) is 14.9. The third kappa shape index (κ3) is 2.93. The Labute approximate surface area is 130 Å². The number of rotatable bonds is 4. The molecule has 1 heterocycles. The second-order valence-electron chi connectivity index (χ2n) is 6.01. The molecule has 0 bridgehead atoms. The second kappa shape index (κ2) is 6.38. The van der Waals surface area contributed by atoms with Crippen molar-refractivity contribution in [2.24, 2.45) is 0 Å². The summed E-state index contributed by atoms with van der Waals surface area (Å²) in [4.78, 5) is 26.3. The maximum atomic E-state index is 12.5. The number of hydrogen-bond acceptors (Lipinski definition) is 3. The van der Waals surface area contributed by atoms with Crippen molar-refractivity contribution in [3.63, 3.8) is 0 Å². The predicted molar refractivity (Wildman–Crippen MR) is 83.9 cm³/mol. The van der Waals surface area contributed by atoms with Crippen LogP contribution in [0.1, 0.15) is 38.5 Å². The molecular weight excluding hydrogens is 280 g/mol. The summed E-state index contributed by atoms with van der Waals surface area (Å²) < 4.78 is 5.14. The van der Waals surface area contributed by atoms with Crippen LogP contribution in [0.25, 0.3) is 0 Å². The van der Waals surface area contributed by atoms with Gasteiger partial charge in [-0.1, -0.05) is 12.8 Å². The van der Waals surface area contributed by atoms with E-state index in [1.54, 1.807) is 12.0 Å². The summed E-state index contributed by atoms with van der Waals surface area (Å²) in [6, 6.07) is 7.18. The van der Waals surface area contributed by atoms with Gasteiger partial charge < -0.3 is 10.1 Å². The van der Waals surface area contributed by atoms with E-state index in [1.807, 2.05) is 24.3 Å². The molecule has 0 aromatic heterocycles. The van der Waals surface area contributed by atoms with Gasteiger partial charge in [-0.2, -0.15) is 0 Å². The molecule has 1 saturated heterocycles. The molecule has 1 unspecified atom stereocenters. The molecule has 5 heteroatoms. The number of amides is 2. The molecule has 3 rings (SSSR count). The molecule has 1 aromatic carbocycles. The van der Waals surface area contributed by atoms with Crippen LogP contribution in [0.4, 0.5) is 5.69 Å². The van der Waals surface area contributed by atoms with E-state index >= 15 is 0 Å². The fourth-order valence-corrected chi connectivity index (χ4v) is 3.37. The molecule has 2 amide bonds. The van der Waals surface area contributed by atoms with Crippen molar-refractivity contribution < 1.29 is 14.3 Å². The minimum absolute atomic E-state index is 0.0109. The molecule has 1 N–H and O–H groups in total. The van der Waals surface area contributed by atoms with E-state index in [1.165, 1.54) is 12.8 Å². The lowest BCUT2D eigenvalue weighted by atomic mass is 10.1. The Morgan fingerprint density at radius 2 is 1.86 bits per heavy atom. The van der Waals surface area contributed by atoms with Gasteiger partial charge in [0.05, 0.1) is 7.11 Å². The molecule has 0 spiro atoms. The highest BCUT2D eigenvalue weighted by Gasteiger charge is 2.37. The van der Waals surface area contributed by atoms with Gasteiger partial charge in [-0.3, -0.25) is 14.5 Å². The van der Waals surface area contributed by atoms with Gasteiger partial charge in [0.2, 0.25) is 11.8 Å². The van der Waals surface area contributed by atoms with Crippen LogP contribution in [0.5, 0.6) is 5.75 Å². The number of ether oxygens (including phenoxy) is 1. The zero-order valence-electron chi connectivity index (χ0n) is 12.9. The van der Waals surface area contributed by atoms with E-state index in [0.29, 0.717) is 12.8 Å². The topological polar surface area (TPSA) is 58.6 Å². The molecule has 5 nitrogen and oxygen atoms in total. The molecule has 2 fully saturated rings. The van der Waals surface area contributed by atoms with Crippen LogP contribution >= 0.6 is 0 Å². The summed E-state index contributed by atoms with van der Waals surface area (Å²) in [5.74, 6) is 0.729. The van der Waals surface area contributed by atoms with Gasteiger partial charge in [0.25, 0.3) is 0 Å². The summed E-state index contributed by atoms with van der Waals surface area (Å²) in [7, 11) is 1.61. The van der Waals surface area contributed by atoms with Gasteiger partial charge >= 0.3 is 0 Å². The van der Waals surface area contributed by atoms with Crippen molar-refractivity contribution >= 4 is 17.5 Å². The highest BCUT2D eigenvalue weighted by atomic mass is 16.5. The minimum atomic E-state index is -0.388. The summed E-state index contributed by atoms with van der Waals surface area (Å²) >= 11 is 0. The lowest BCUT2D eigenvalue weighted by Gasteiger charge is -2.25. The third-order valence-electron chi connectivity index (χ3n) is 4.57. The van der Waals surface area contributed by atoms with Gasteiger partial charge in [0, 0.05) is 18.2 Å². The number of carbonyl (C=O) groups is 2. The van der Waals surface area contributed by atoms with E-state index in [9.17, 15) is 9.59 Å². The zero-order valence-corrected chi connectivity index (χ0v) is 12.9. The van der Waals surface area contributed by atoms with Crippen molar-refractivity contribution in [1.29, 1.82) is 0 Å². The van der Waals surface area contributed by atoms with Gasteiger partial charge in [0.15, 0.2) is 0 Å². The number of hydrogen-bond donors (Lipinski definition) is 1. The van der Waals surface area contributed by atoms with Crippen LogP contribution in [-0.4, -0.2) is 31.0 Å². The van der Waals surface area contributed by atoms with Crippen LogP contribution in [0.3, 0.4) is 0 Å². The maximum Gasteiger partial charge on any atom is 0.243 e. The lowest BCUT2D eigenvalue weighted by molar-refractivity contribution is -0.124. The quantitative estimate of drug-likeness (QED) is 0.928. The zero-order chi connectivity index (χ0) is 15.5. The standard InChI is InChI=1S/C17H22N2O3/c1-22-14-8-6-13(7-9-14)19-15(10-11-16(19)20)17(21)18-12-4-2-3-5-12/h6-9,12,15H,2-5,10-11H2,1H3,(H,18,21). The number of benzene rings is 1. The van der Waals surface area contributed by atoms with Crippen LogP contribution in [0.2, 0.25) is 0 Å². The normalized spacial score (nSPS) is 22.1. The van der Waals surface area contributed by atoms with Crippen molar-refractivity contribution in [2.45, 2.75) is 50.6 Å². The van der Waals surface area contributed by atoms with Crippen LogP contribution in [0.15, 0.2) is 24.3 Å². The Morgan fingerprint density at radius 1 is 1.18 bits per heavy atom. The number of nitrogens with one attached hydrogen (secondary N) is 1. The molecule has 1 aromatic rings. The second-order valence-corrected chi connectivity index (χ2v) is 6.01. The van der Waals surface area contributed by atoms with Gasteiger partial charge in [-0.15, -0.1) is 0 Å². The summed E-state index contributed by atoms with van der Waals surface area (Å²) in [5, 5.41) is 3.11. The van der Waals surface area contributed by atoms with E-state index in [0.717, 1.165) is 24.3 Å².